The lowest BCUT2D eigenvalue weighted by molar-refractivity contribution is -0.384. The summed E-state index contributed by atoms with van der Waals surface area (Å²) in [7, 11) is 0. The zero-order valence-corrected chi connectivity index (χ0v) is 11.1. The van der Waals surface area contributed by atoms with E-state index in [9.17, 15) is 19.3 Å². The molecule has 20 heavy (non-hydrogen) atoms. The second kappa shape index (κ2) is 7.35. The van der Waals surface area contributed by atoms with Crippen molar-refractivity contribution in [3.8, 4) is 12.3 Å². The maximum atomic E-state index is 13.4. The van der Waals surface area contributed by atoms with Crippen LogP contribution in [0.25, 0.3) is 0 Å². The molecule has 0 unspecified atom stereocenters. The van der Waals surface area contributed by atoms with Crippen molar-refractivity contribution in [1.29, 1.82) is 0 Å². The Hall–Kier alpha value is -2.27. The Morgan fingerprint density at radius 1 is 1.60 bits per heavy atom. The van der Waals surface area contributed by atoms with Gasteiger partial charge in [0, 0.05) is 12.3 Å². The van der Waals surface area contributed by atoms with Gasteiger partial charge >= 0.3 is 5.97 Å². The number of benzene rings is 1. The van der Waals surface area contributed by atoms with Crippen molar-refractivity contribution in [2.45, 2.75) is 0 Å². The third-order valence-electron chi connectivity index (χ3n) is 2.26. The lowest BCUT2D eigenvalue weighted by Gasteiger charge is -2.08. The Morgan fingerprint density at radius 3 is 2.85 bits per heavy atom. The van der Waals surface area contributed by atoms with Crippen molar-refractivity contribution >= 4 is 29.1 Å². The summed E-state index contributed by atoms with van der Waals surface area (Å²) >= 11 is 1.44. The molecule has 0 saturated carbocycles. The van der Waals surface area contributed by atoms with E-state index in [0.717, 1.165) is 6.07 Å². The summed E-state index contributed by atoms with van der Waals surface area (Å²) < 4.78 is 13.4. The molecule has 106 valence electrons. The first-order valence-corrected chi connectivity index (χ1v) is 6.59. The summed E-state index contributed by atoms with van der Waals surface area (Å²) in [6.07, 6.45) is 5.07. The van der Waals surface area contributed by atoms with Gasteiger partial charge in [-0.05, 0) is 6.07 Å². The van der Waals surface area contributed by atoms with E-state index in [1.54, 1.807) is 0 Å². The number of nitrogens with one attached hydrogen (secondary N) is 1. The van der Waals surface area contributed by atoms with Gasteiger partial charge in [0.1, 0.15) is 11.5 Å². The lowest BCUT2D eigenvalue weighted by atomic mass is 10.1. The maximum Gasteiger partial charge on any atom is 0.338 e. The number of nitro groups is 1. The molecule has 8 heteroatoms. The first-order valence-electron chi connectivity index (χ1n) is 5.43. The van der Waals surface area contributed by atoms with Gasteiger partial charge in [0.15, 0.2) is 0 Å². The Balaban J connectivity index is 2.91. The molecule has 0 aliphatic carbocycles. The Bertz CT molecular complexity index is 571. The summed E-state index contributed by atoms with van der Waals surface area (Å²) in [5.41, 5.74) is -1.15. The molecule has 0 aliphatic heterocycles. The van der Waals surface area contributed by atoms with Crippen LogP contribution in [0.3, 0.4) is 0 Å². The summed E-state index contributed by atoms with van der Waals surface area (Å²) in [5.74, 6) is 0.893. The molecule has 1 aromatic rings. The van der Waals surface area contributed by atoms with E-state index in [0.29, 0.717) is 24.1 Å². The predicted octanol–water partition coefficient (Wildman–Crippen LogP) is 2.21. The van der Waals surface area contributed by atoms with E-state index < -0.39 is 28.0 Å². The number of nitrogens with zero attached hydrogens (tertiary/aromatic N) is 1. The van der Waals surface area contributed by atoms with Crippen molar-refractivity contribution < 1.29 is 19.2 Å². The minimum absolute atomic E-state index is 0.0323. The van der Waals surface area contributed by atoms with E-state index in [1.807, 2.05) is 0 Å². The molecule has 2 N–H and O–H groups in total. The number of aromatic carboxylic acids is 1. The number of hydrogen-bond donors (Lipinski definition) is 2. The van der Waals surface area contributed by atoms with Gasteiger partial charge in [-0.25, -0.2) is 9.18 Å². The first kappa shape index (κ1) is 15.8. The van der Waals surface area contributed by atoms with Crippen LogP contribution in [0, 0.1) is 28.3 Å². The van der Waals surface area contributed by atoms with Crippen LogP contribution in [0.5, 0.6) is 0 Å². The van der Waals surface area contributed by atoms with Crippen molar-refractivity contribution in [3.05, 3.63) is 33.6 Å². The first-order chi connectivity index (χ1) is 9.47. The van der Waals surface area contributed by atoms with Gasteiger partial charge in [-0.2, -0.15) is 0 Å². The Morgan fingerprint density at radius 2 is 2.30 bits per heavy atom. The van der Waals surface area contributed by atoms with E-state index in [4.69, 9.17) is 11.5 Å². The van der Waals surface area contributed by atoms with Crippen LogP contribution < -0.4 is 5.32 Å². The number of carbonyl (C=O) groups is 1. The highest BCUT2D eigenvalue weighted by Crippen LogP contribution is 2.27. The second-order valence-corrected chi connectivity index (χ2v) is 4.70. The van der Waals surface area contributed by atoms with Crippen LogP contribution in [0.1, 0.15) is 10.4 Å². The molecular weight excluding hydrogens is 287 g/mol. The monoisotopic (exact) mass is 298 g/mol. The van der Waals surface area contributed by atoms with Crippen LogP contribution in [-0.4, -0.2) is 34.0 Å². The van der Waals surface area contributed by atoms with Gasteiger partial charge < -0.3 is 10.4 Å². The molecule has 0 bridgehead atoms. The summed E-state index contributed by atoms with van der Waals surface area (Å²) in [4.78, 5) is 20.8. The van der Waals surface area contributed by atoms with E-state index in [-0.39, 0.29) is 5.69 Å². The van der Waals surface area contributed by atoms with Crippen LogP contribution in [0.4, 0.5) is 15.8 Å². The molecule has 0 spiro atoms. The van der Waals surface area contributed by atoms with Gasteiger partial charge in [-0.1, -0.05) is 5.92 Å². The number of anilines is 1. The Labute approximate surface area is 118 Å². The number of carboxylic acids is 1. The average molecular weight is 298 g/mol. The second-order valence-electron chi connectivity index (χ2n) is 3.59. The average Bonchev–Trinajstić information content (AvgIpc) is 2.39. The minimum atomic E-state index is -1.48. The van der Waals surface area contributed by atoms with Gasteiger partial charge in [0.05, 0.1) is 22.3 Å². The molecule has 0 radical (unpaired) electrons. The topological polar surface area (TPSA) is 92.5 Å². The lowest BCUT2D eigenvalue weighted by Crippen LogP contribution is -2.09. The van der Waals surface area contributed by atoms with Gasteiger partial charge in [0.25, 0.3) is 5.69 Å². The zero-order chi connectivity index (χ0) is 15.1. The normalized spacial score (nSPS) is 9.80. The third-order valence-corrected chi connectivity index (χ3v) is 3.12. The van der Waals surface area contributed by atoms with Crippen molar-refractivity contribution in [1.82, 2.24) is 0 Å². The number of hydrogen-bond acceptors (Lipinski definition) is 5. The van der Waals surface area contributed by atoms with Crippen molar-refractivity contribution in [2.75, 3.05) is 23.4 Å². The molecule has 0 atom stereocenters. The van der Waals surface area contributed by atoms with Gasteiger partial charge in [0.2, 0.25) is 0 Å². The van der Waals surface area contributed by atoms with E-state index >= 15 is 0 Å². The van der Waals surface area contributed by atoms with Gasteiger partial charge in [-0.15, -0.1) is 18.2 Å². The molecule has 1 aromatic carbocycles. The van der Waals surface area contributed by atoms with Crippen LogP contribution in [0.2, 0.25) is 0 Å². The van der Waals surface area contributed by atoms with Crippen molar-refractivity contribution in [2.24, 2.45) is 0 Å². The molecule has 0 aliphatic rings. The minimum Gasteiger partial charge on any atom is -0.478 e. The highest BCUT2D eigenvalue weighted by molar-refractivity contribution is 7.99. The number of halogens is 1. The number of rotatable bonds is 7. The quantitative estimate of drug-likeness (QED) is 0.347. The van der Waals surface area contributed by atoms with Crippen molar-refractivity contribution in [3.63, 3.8) is 0 Å². The van der Waals surface area contributed by atoms with Crippen LogP contribution in [-0.2, 0) is 0 Å². The fourth-order valence-corrected chi connectivity index (χ4v) is 1.92. The fourth-order valence-electron chi connectivity index (χ4n) is 1.41. The number of thioether (sulfide) groups is 1. The number of terminal acetylenes is 1. The molecule has 1 rings (SSSR count). The highest BCUT2D eigenvalue weighted by atomic mass is 32.2. The summed E-state index contributed by atoms with van der Waals surface area (Å²) in [6.45, 7) is 0.345. The number of nitro benzene ring substituents is 1. The Kier molecular flexibility index (Phi) is 5.80. The summed E-state index contributed by atoms with van der Waals surface area (Å²) in [5, 5.41) is 22.3. The smallest absolute Gasteiger partial charge is 0.338 e. The molecule has 0 heterocycles. The predicted molar refractivity (Wildman–Crippen MR) is 74.7 cm³/mol. The van der Waals surface area contributed by atoms with E-state index in [2.05, 4.69) is 11.2 Å². The van der Waals surface area contributed by atoms with Crippen LogP contribution >= 0.6 is 11.8 Å². The molecule has 6 nitrogen and oxygen atoms in total. The largest absolute Gasteiger partial charge is 0.478 e. The highest BCUT2D eigenvalue weighted by Gasteiger charge is 2.21. The van der Waals surface area contributed by atoms with Crippen LogP contribution in [0.15, 0.2) is 12.1 Å². The third kappa shape index (κ3) is 4.13. The zero-order valence-electron chi connectivity index (χ0n) is 10.3. The molecule has 0 amide bonds. The standard InChI is InChI=1S/C12H11FN2O4S/c1-2-4-20-5-3-14-10-6-8(12(16)17)9(13)7-11(10)15(18)19/h1,6-7,14H,3-5H2,(H,16,17). The number of carboxylic acid groups (broad SMARTS) is 1. The fraction of sp³-hybridized carbons (Fsp3) is 0.250. The summed E-state index contributed by atoms with van der Waals surface area (Å²) in [6, 6.07) is 1.52. The molecule has 0 saturated heterocycles. The molecule has 0 aromatic heterocycles. The maximum absolute atomic E-state index is 13.4. The SMILES string of the molecule is C#CCSCCNc1cc(C(=O)O)c(F)cc1[N+](=O)[O-]. The molecule has 0 fully saturated rings. The van der Waals surface area contributed by atoms with Gasteiger partial charge in [-0.3, -0.25) is 10.1 Å². The molecular formula is C12H11FN2O4S. The van der Waals surface area contributed by atoms with E-state index in [1.165, 1.54) is 11.8 Å².